The standard InChI is InChI=1S/C26H25N3O/c1-17-7-11-19(12-8-17)25-24-22(21-5-3-4-6-23(21)28-24)15-16-29(25)26(30)27-20-13-9-18(2)10-14-20/h3-14,25,28H,15-16H2,1-2H3,(H,27,30)/t25-/m0/s1. The van der Waals surface area contributed by atoms with E-state index in [9.17, 15) is 4.79 Å². The number of hydrogen-bond acceptors (Lipinski definition) is 1. The molecule has 0 saturated heterocycles. The summed E-state index contributed by atoms with van der Waals surface area (Å²) in [4.78, 5) is 18.9. The highest BCUT2D eigenvalue weighted by Crippen LogP contribution is 2.38. The Morgan fingerprint density at radius 3 is 2.33 bits per heavy atom. The number of urea groups is 1. The molecule has 4 nitrogen and oxygen atoms in total. The molecular formula is C26H25N3O. The molecule has 0 unspecified atom stereocenters. The van der Waals surface area contributed by atoms with E-state index < -0.39 is 0 Å². The molecule has 0 spiro atoms. The first-order valence-electron chi connectivity index (χ1n) is 10.4. The molecule has 0 radical (unpaired) electrons. The molecular weight excluding hydrogens is 370 g/mol. The third kappa shape index (κ3) is 3.24. The van der Waals surface area contributed by atoms with E-state index in [4.69, 9.17) is 0 Å². The average Bonchev–Trinajstić information content (AvgIpc) is 3.14. The van der Waals surface area contributed by atoms with Crippen molar-refractivity contribution in [3.8, 4) is 0 Å². The summed E-state index contributed by atoms with van der Waals surface area (Å²) < 4.78 is 0. The molecule has 4 heteroatoms. The van der Waals surface area contributed by atoms with Gasteiger partial charge < -0.3 is 15.2 Å². The van der Waals surface area contributed by atoms with Gasteiger partial charge in [0.25, 0.3) is 0 Å². The second kappa shape index (κ2) is 7.38. The van der Waals surface area contributed by atoms with Crippen LogP contribution in [0.3, 0.4) is 0 Å². The van der Waals surface area contributed by atoms with Crippen molar-refractivity contribution >= 4 is 22.6 Å². The SMILES string of the molecule is Cc1ccc(NC(=O)N2CCc3c([nH]c4ccccc34)[C@@H]2c2ccc(C)cc2)cc1. The van der Waals surface area contributed by atoms with Crippen LogP contribution in [-0.2, 0) is 6.42 Å². The number of benzene rings is 3. The van der Waals surface area contributed by atoms with Crippen molar-refractivity contribution in [2.45, 2.75) is 26.3 Å². The van der Waals surface area contributed by atoms with Crippen LogP contribution in [0.4, 0.5) is 10.5 Å². The second-order valence-corrected chi connectivity index (χ2v) is 8.12. The first-order valence-corrected chi connectivity index (χ1v) is 10.4. The second-order valence-electron chi connectivity index (χ2n) is 8.12. The fourth-order valence-corrected chi connectivity index (χ4v) is 4.39. The van der Waals surface area contributed by atoms with Crippen molar-refractivity contribution in [1.82, 2.24) is 9.88 Å². The number of fused-ring (bicyclic) bond motifs is 3. The van der Waals surface area contributed by atoms with Crippen molar-refractivity contribution in [3.63, 3.8) is 0 Å². The largest absolute Gasteiger partial charge is 0.356 e. The summed E-state index contributed by atoms with van der Waals surface area (Å²) in [6.07, 6.45) is 0.836. The number of nitrogens with zero attached hydrogens (tertiary/aromatic N) is 1. The normalized spacial score (nSPS) is 15.8. The molecule has 0 aliphatic carbocycles. The number of para-hydroxylation sites is 1. The molecule has 2 N–H and O–H groups in total. The Labute approximate surface area is 176 Å². The lowest BCUT2D eigenvalue weighted by molar-refractivity contribution is 0.193. The number of hydrogen-bond donors (Lipinski definition) is 2. The number of aryl methyl sites for hydroxylation is 2. The third-order valence-corrected chi connectivity index (χ3v) is 5.99. The minimum atomic E-state index is -0.146. The molecule has 3 aromatic carbocycles. The van der Waals surface area contributed by atoms with E-state index in [1.807, 2.05) is 42.2 Å². The van der Waals surface area contributed by atoms with E-state index in [0.717, 1.165) is 28.9 Å². The predicted octanol–water partition coefficient (Wildman–Crippen LogP) is 5.96. The molecule has 2 amide bonds. The molecule has 0 fully saturated rings. The van der Waals surface area contributed by atoms with E-state index in [0.29, 0.717) is 6.54 Å². The third-order valence-electron chi connectivity index (χ3n) is 5.99. The molecule has 0 bridgehead atoms. The highest BCUT2D eigenvalue weighted by atomic mass is 16.2. The minimum Gasteiger partial charge on any atom is -0.356 e. The van der Waals surface area contributed by atoms with Crippen molar-refractivity contribution < 1.29 is 4.79 Å². The Morgan fingerprint density at radius 2 is 1.60 bits per heavy atom. The number of carbonyl (C=O) groups is 1. The Hall–Kier alpha value is -3.53. The van der Waals surface area contributed by atoms with Gasteiger partial charge in [-0.3, -0.25) is 0 Å². The number of nitrogens with one attached hydrogen (secondary N) is 2. The number of amides is 2. The van der Waals surface area contributed by atoms with Gasteiger partial charge in [-0.05, 0) is 49.6 Å². The maximum Gasteiger partial charge on any atom is 0.322 e. The van der Waals surface area contributed by atoms with Crippen LogP contribution in [0.25, 0.3) is 10.9 Å². The van der Waals surface area contributed by atoms with Crippen LogP contribution in [0, 0.1) is 13.8 Å². The Kier molecular flexibility index (Phi) is 4.55. The lowest BCUT2D eigenvalue weighted by Crippen LogP contribution is -2.43. The Balaban J connectivity index is 1.56. The molecule has 1 aliphatic rings. The zero-order chi connectivity index (χ0) is 20.7. The zero-order valence-electron chi connectivity index (χ0n) is 17.3. The van der Waals surface area contributed by atoms with Gasteiger partial charge in [-0.15, -0.1) is 0 Å². The monoisotopic (exact) mass is 395 g/mol. The van der Waals surface area contributed by atoms with Gasteiger partial charge >= 0.3 is 6.03 Å². The van der Waals surface area contributed by atoms with Crippen LogP contribution < -0.4 is 5.32 Å². The van der Waals surface area contributed by atoms with Crippen LogP contribution in [0.5, 0.6) is 0 Å². The van der Waals surface area contributed by atoms with Gasteiger partial charge in [0.05, 0.1) is 6.04 Å². The number of carbonyl (C=O) groups excluding carboxylic acids is 1. The summed E-state index contributed by atoms with van der Waals surface area (Å²) in [5, 5.41) is 4.34. The van der Waals surface area contributed by atoms with Crippen LogP contribution in [0.2, 0.25) is 0 Å². The van der Waals surface area contributed by atoms with Gasteiger partial charge in [-0.2, -0.15) is 0 Å². The Morgan fingerprint density at radius 1 is 0.933 bits per heavy atom. The van der Waals surface area contributed by atoms with Crippen LogP contribution in [-0.4, -0.2) is 22.5 Å². The Bertz CT molecular complexity index is 1210. The summed E-state index contributed by atoms with van der Waals surface area (Å²) in [6.45, 7) is 4.80. The van der Waals surface area contributed by atoms with Crippen molar-refractivity contribution in [2.75, 3.05) is 11.9 Å². The first-order chi connectivity index (χ1) is 14.6. The van der Waals surface area contributed by atoms with Crippen LogP contribution in [0.1, 0.15) is 34.0 Å². The van der Waals surface area contributed by atoms with E-state index in [2.05, 4.69) is 59.7 Å². The van der Waals surface area contributed by atoms with Gasteiger partial charge in [0.2, 0.25) is 0 Å². The quantitative estimate of drug-likeness (QED) is 0.432. The minimum absolute atomic E-state index is 0.0752. The molecule has 30 heavy (non-hydrogen) atoms. The van der Waals surface area contributed by atoms with Crippen molar-refractivity contribution in [3.05, 3.63) is 101 Å². The molecule has 150 valence electrons. The van der Waals surface area contributed by atoms with Crippen molar-refractivity contribution in [1.29, 1.82) is 0 Å². The molecule has 5 rings (SSSR count). The smallest absolute Gasteiger partial charge is 0.322 e. The van der Waals surface area contributed by atoms with Gasteiger partial charge in [-0.1, -0.05) is 65.7 Å². The topological polar surface area (TPSA) is 48.1 Å². The number of anilines is 1. The molecule has 1 atom stereocenters. The molecule has 2 heterocycles. The summed E-state index contributed by atoms with van der Waals surface area (Å²) in [6, 6.07) is 24.6. The summed E-state index contributed by atoms with van der Waals surface area (Å²) in [7, 11) is 0. The first kappa shape index (κ1) is 18.5. The van der Waals surface area contributed by atoms with Crippen LogP contribution in [0.15, 0.2) is 72.8 Å². The summed E-state index contributed by atoms with van der Waals surface area (Å²) >= 11 is 0. The van der Waals surface area contributed by atoms with Gasteiger partial charge in [-0.25, -0.2) is 4.79 Å². The maximum atomic E-state index is 13.3. The summed E-state index contributed by atoms with van der Waals surface area (Å²) in [5.41, 5.74) is 7.87. The molecule has 4 aromatic rings. The lowest BCUT2D eigenvalue weighted by Gasteiger charge is -2.36. The van der Waals surface area contributed by atoms with E-state index in [1.165, 1.54) is 22.1 Å². The predicted molar refractivity (Wildman–Crippen MR) is 122 cm³/mol. The number of rotatable bonds is 2. The average molecular weight is 396 g/mol. The fourth-order valence-electron chi connectivity index (χ4n) is 4.39. The van der Waals surface area contributed by atoms with Gasteiger partial charge in [0, 0.05) is 28.8 Å². The zero-order valence-corrected chi connectivity index (χ0v) is 17.3. The van der Waals surface area contributed by atoms with E-state index >= 15 is 0 Å². The molecule has 1 aliphatic heterocycles. The van der Waals surface area contributed by atoms with Crippen LogP contribution >= 0.6 is 0 Å². The fraction of sp³-hybridized carbons (Fsp3) is 0.192. The summed E-state index contributed by atoms with van der Waals surface area (Å²) in [5.74, 6) is 0. The highest BCUT2D eigenvalue weighted by molar-refractivity contribution is 5.91. The highest BCUT2D eigenvalue weighted by Gasteiger charge is 2.34. The maximum absolute atomic E-state index is 13.3. The van der Waals surface area contributed by atoms with E-state index in [-0.39, 0.29) is 12.1 Å². The number of aromatic nitrogens is 1. The number of aromatic amines is 1. The van der Waals surface area contributed by atoms with E-state index in [1.54, 1.807) is 0 Å². The molecule has 1 aromatic heterocycles. The van der Waals surface area contributed by atoms with Gasteiger partial charge in [0.15, 0.2) is 0 Å². The lowest BCUT2D eigenvalue weighted by atomic mass is 9.92. The van der Waals surface area contributed by atoms with Crippen molar-refractivity contribution in [2.24, 2.45) is 0 Å². The van der Waals surface area contributed by atoms with Gasteiger partial charge in [0.1, 0.15) is 0 Å². The number of H-pyrrole nitrogens is 1. The molecule has 0 saturated carbocycles.